The molecule has 5 nitrogen and oxygen atoms in total. The molecule has 0 atom stereocenters. The third kappa shape index (κ3) is 4.75. The molecule has 0 unspecified atom stereocenters. The Morgan fingerprint density at radius 2 is 2.07 bits per heavy atom. The molecule has 0 saturated heterocycles. The van der Waals surface area contributed by atoms with Crippen molar-refractivity contribution in [3.05, 3.63) is 30.1 Å². The number of carbonyl (C=O) groups is 1. The monoisotopic (exact) mass is 206 g/mol. The third-order valence-electron chi connectivity index (χ3n) is 1.58. The van der Waals surface area contributed by atoms with Crippen molar-refractivity contribution in [1.82, 2.24) is 15.7 Å². The van der Waals surface area contributed by atoms with E-state index in [4.69, 9.17) is 0 Å². The molecule has 15 heavy (non-hydrogen) atoms. The van der Waals surface area contributed by atoms with Gasteiger partial charge in [-0.05, 0) is 31.5 Å². The number of hydrazone groups is 1. The van der Waals surface area contributed by atoms with Crippen molar-refractivity contribution in [2.45, 2.75) is 20.4 Å². The lowest BCUT2D eigenvalue weighted by Gasteiger charge is -2.03. The lowest BCUT2D eigenvalue weighted by Crippen LogP contribution is -2.32. The van der Waals surface area contributed by atoms with E-state index < -0.39 is 0 Å². The van der Waals surface area contributed by atoms with E-state index in [2.05, 4.69) is 20.8 Å². The molecule has 2 N–H and O–H groups in total. The van der Waals surface area contributed by atoms with Crippen LogP contribution in [0.1, 0.15) is 19.4 Å². The number of urea groups is 1. The molecule has 0 saturated carbocycles. The molecule has 1 heterocycles. The first-order valence-corrected chi connectivity index (χ1v) is 4.62. The average molecular weight is 206 g/mol. The zero-order valence-electron chi connectivity index (χ0n) is 8.82. The SMILES string of the molecule is CC(C)=NNC(=O)NCc1ccncc1. The maximum Gasteiger partial charge on any atom is 0.335 e. The van der Waals surface area contributed by atoms with E-state index in [1.54, 1.807) is 12.4 Å². The van der Waals surface area contributed by atoms with E-state index in [-0.39, 0.29) is 6.03 Å². The Labute approximate surface area is 88.6 Å². The highest BCUT2D eigenvalue weighted by Gasteiger charge is 1.97. The Hall–Kier alpha value is -1.91. The van der Waals surface area contributed by atoms with Crippen LogP contribution in [0.25, 0.3) is 0 Å². The number of nitrogens with zero attached hydrogens (tertiary/aromatic N) is 2. The summed E-state index contributed by atoms with van der Waals surface area (Å²) in [5.41, 5.74) is 4.17. The second-order valence-corrected chi connectivity index (χ2v) is 3.21. The first-order valence-electron chi connectivity index (χ1n) is 4.62. The van der Waals surface area contributed by atoms with Crippen molar-refractivity contribution in [3.8, 4) is 0 Å². The molecular weight excluding hydrogens is 192 g/mol. The van der Waals surface area contributed by atoms with Crippen molar-refractivity contribution in [2.24, 2.45) is 5.10 Å². The number of rotatable bonds is 3. The molecule has 0 aliphatic heterocycles. The second kappa shape index (κ2) is 5.74. The molecule has 0 aliphatic carbocycles. The average Bonchev–Trinajstić information content (AvgIpc) is 2.25. The van der Waals surface area contributed by atoms with Crippen LogP contribution in [0.15, 0.2) is 29.6 Å². The topological polar surface area (TPSA) is 66.4 Å². The molecule has 0 bridgehead atoms. The summed E-state index contributed by atoms with van der Waals surface area (Å²) in [5.74, 6) is 0. The summed E-state index contributed by atoms with van der Waals surface area (Å²) in [6, 6.07) is 3.37. The molecule has 0 aromatic carbocycles. The summed E-state index contributed by atoms with van der Waals surface area (Å²) in [4.78, 5) is 15.1. The van der Waals surface area contributed by atoms with Gasteiger partial charge in [0.15, 0.2) is 0 Å². The predicted molar refractivity (Wildman–Crippen MR) is 58.4 cm³/mol. The summed E-state index contributed by atoms with van der Waals surface area (Å²) in [7, 11) is 0. The summed E-state index contributed by atoms with van der Waals surface area (Å²) in [6.07, 6.45) is 3.37. The lowest BCUT2D eigenvalue weighted by atomic mass is 10.3. The maximum atomic E-state index is 11.2. The Bertz CT molecular complexity index is 344. The minimum absolute atomic E-state index is 0.312. The highest BCUT2D eigenvalue weighted by molar-refractivity contribution is 5.81. The molecule has 0 radical (unpaired) electrons. The van der Waals surface area contributed by atoms with Crippen molar-refractivity contribution in [3.63, 3.8) is 0 Å². The van der Waals surface area contributed by atoms with Gasteiger partial charge in [-0.1, -0.05) is 0 Å². The van der Waals surface area contributed by atoms with Gasteiger partial charge in [-0.15, -0.1) is 0 Å². The molecule has 1 rings (SSSR count). The van der Waals surface area contributed by atoms with E-state index in [9.17, 15) is 4.79 Å². The minimum atomic E-state index is -0.312. The fourth-order valence-corrected chi connectivity index (χ4v) is 0.885. The molecule has 1 aromatic heterocycles. The van der Waals surface area contributed by atoms with Crippen LogP contribution < -0.4 is 10.7 Å². The number of carbonyl (C=O) groups excluding carboxylic acids is 1. The van der Waals surface area contributed by atoms with Crippen LogP contribution in [0.4, 0.5) is 4.79 Å². The quantitative estimate of drug-likeness (QED) is 0.578. The van der Waals surface area contributed by atoms with Crippen molar-refractivity contribution in [1.29, 1.82) is 0 Å². The minimum Gasteiger partial charge on any atom is -0.333 e. The van der Waals surface area contributed by atoms with Crippen molar-refractivity contribution in [2.75, 3.05) is 0 Å². The summed E-state index contributed by atoms with van der Waals surface area (Å²) in [6.45, 7) is 4.08. The van der Waals surface area contributed by atoms with E-state index in [1.165, 1.54) is 0 Å². The largest absolute Gasteiger partial charge is 0.335 e. The van der Waals surface area contributed by atoms with Gasteiger partial charge < -0.3 is 5.32 Å². The predicted octanol–water partition coefficient (Wildman–Crippen LogP) is 1.28. The fraction of sp³-hybridized carbons (Fsp3) is 0.300. The first-order chi connectivity index (χ1) is 7.18. The third-order valence-corrected chi connectivity index (χ3v) is 1.58. The van der Waals surface area contributed by atoms with Gasteiger partial charge in [-0.25, -0.2) is 10.2 Å². The molecule has 0 spiro atoms. The first kappa shape index (κ1) is 11.2. The number of nitrogens with one attached hydrogen (secondary N) is 2. The maximum absolute atomic E-state index is 11.2. The highest BCUT2D eigenvalue weighted by Crippen LogP contribution is 1.94. The van der Waals surface area contributed by atoms with Gasteiger partial charge in [-0.2, -0.15) is 5.10 Å². The molecule has 0 fully saturated rings. The van der Waals surface area contributed by atoms with Gasteiger partial charge in [0, 0.05) is 24.7 Å². The zero-order chi connectivity index (χ0) is 11.1. The van der Waals surface area contributed by atoms with Gasteiger partial charge in [-0.3, -0.25) is 4.98 Å². The van der Waals surface area contributed by atoms with E-state index in [0.29, 0.717) is 6.54 Å². The summed E-state index contributed by atoms with van der Waals surface area (Å²) < 4.78 is 0. The van der Waals surface area contributed by atoms with Gasteiger partial charge in [0.25, 0.3) is 0 Å². The Morgan fingerprint density at radius 1 is 1.40 bits per heavy atom. The molecule has 80 valence electrons. The number of hydrogen-bond acceptors (Lipinski definition) is 3. The number of pyridine rings is 1. The Balaban J connectivity index is 2.32. The van der Waals surface area contributed by atoms with Gasteiger partial charge >= 0.3 is 6.03 Å². The standard InChI is InChI=1S/C10H14N4O/c1-8(2)13-14-10(15)12-7-9-3-5-11-6-4-9/h3-6H,7H2,1-2H3,(H2,12,14,15). The normalized spacial score (nSPS) is 9.20. The fourth-order valence-electron chi connectivity index (χ4n) is 0.885. The van der Waals surface area contributed by atoms with E-state index in [1.807, 2.05) is 26.0 Å². The summed E-state index contributed by atoms with van der Waals surface area (Å²) in [5, 5.41) is 6.45. The Morgan fingerprint density at radius 3 is 2.67 bits per heavy atom. The van der Waals surface area contributed by atoms with E-state index in [0.717, 1.165) is 11.3 Å². The van der Waals surface area contributed by atoms with Crippen molar-refractivity contribution >= 4 is 11.7 Å². The van der Waals surface area contributed by atoms with Crippen LogP contribution in [0, 0.1) is 0 Å². The number of amides is 2. The molecular formula is C10H14N4O. The van der Waals surface area contributed by atoms with Crippen LogP contribution >= 0.6 is 0 Å². The van der Waals surface area contributed by atoms with Crippen LogP contribution in [-0.4, -0.2) is 16.7 Å². The van der Waals surface area contributed by atoms with Crippen molar-refractivity contribution < 1.29 is 4.79 Å². The smallest absolute Gasteiger partial charge is 0.333 e. The molecule has 0 aliphatic rings. The number of aromatic nitrogens is 1. The molecule has 5 heteroatoms. The lowest BCUT2D eigenvalue weighted by molar-refractivity contribution is 0.241. The highest BCUT2D eigenvalue weighted by atomic mass is 16.2. The van der Waals surface area contributed by atoms with Gasteiger partial charge in [0.1, 0.15) is 0 Å². The second-order valence-electron chi connectivity index (χ2n) is 3.21. The summed E-state index contributed by atoms with van der Waals surface area (Å²) >= 11 is 0. The zero-order valence-corrected chi connectivity index (χ0v) is 8.82. The Kier molecular flexibility index (Phi) is 4.28. The molecule has 2 amide bonds. The molecule has 1 aromatic rings. The van der Waals surface area contributed by atoms with Crippen LogP contribution in [0.3, 0.4) is 0 Å². The van der Waals surface area contributed by atoms with Crippen LogP contribution in [0.2, 0.25) is 0 Å². The van der Waals surface area contributed by atoms with Crippen LogP contribution in [0.5, 0.6) is 0 Å². The van der Waals surface area contributed by atoms with Gasteiger partial charge in [0.05, 0.1) is 0 Å². The van der Waals surface area contributed by atoms with Crippen LogP contribution in [-0.2, 0) is 6.54 Å². The van der Waals surface area contributed by atoms with Gasteiger partial charge in [0.2, 0.25) is 0 Å². The number of hydrogen-bond donors (Lipinski definition) is 2. The van der Waals surface area contributed by atoms with E-state index >= 15 is 0 Å².